The van der Waals surface area contributed by atoms with Gasteiger partial charge in [0.15, 0.2) is 0 Å². The molecule has 0 fully saturated rings. The lowest BCUT2D eigenvalue weighted by atomic mass is 9.79. The maximum Gasteiger partial charge on any atom is 0.310 e. The zero-order chi connectivity index (χ0) is 15.1. The number of carbonyl (C=O) groups excluding carboxylic acids is 1. The third kappa shape index (κ3) is 5.72. The molecule has 1 amide bonds. The summed E-state index contributed by atoms with van der Waals surface area (Å²) in [4.78, 5) is 23.1. The van der Waals surface area contributed by atoms with Crippen molar-refractivity contribution in [2.24, 2.45) is 5.41 Å². The van der Waals surface area contributed by atoms with Crippen molar-refractivity contribution in [3.63, 3.8) is 0 Å². The van der Waals surface area contributed by atoms with Crippen LogP contribution in [0.25, 0.3) is 0 Å². The van der Waals surface area contributed by atoms with Gasteiger partial charge in [0.2, 0.25) is 5.91 Å². The molecule has 0 rings (SSSR count). The highest BCUT2D eigenvalue weighted by molar-refractivity contribution is 7.84. The molecule has 0 aliphatic carbocycles. The first-order valence-electron chi connectivity index (χ1n) is 6.61. The van der Waals surface area contributed by atoms with Crippen LogP contribution >= 0.6 is 0 Å². The minimum Gasteiger partial charge on any atom is -0.481 e. The Hall–Kier alpha value is -0.910. The van der Waals surface area contributed by atoms with Crippen molar-refractivity contribution in [3.8, 4) is 0 Å². The van der Waals surface area contributed by atoms with Gasteiger partial charge in [0.1, 0.15) is 0 Å². The van der Waals surface area contributed by atoms with Gasteiger partial charge in [0.25, 0.3) is 0 Å². The number of carboxylic acids is 1. The Morgan fingerprint density at radius 1 is 1.32 bits per heavy atom. The van der Waals surface area contributed by atoms with Crippen LogP contribution in [0.5, 0.6) is 0 Å². The molecule has 0 aromatic rings. The molecular formula is C13H25NO4S. The number of amides is 1. The Morgan fingerprint density at radius 2 is 1.84 bits per heavy atom. The molecule has 112 valence electrons. The molecule has 0 saturated heterocycles. The van der Waals surface area contributed by atoms with Crippen molar-refractivity contribution in [1.29, 1.82) is 0 Å². The smallest absolute Gasteiger partial charge is 0.310 e. The first-order valence-corrected chi connectivity index (χ1v) is 8.23. The number of aliphatic carboxylic acids is 1. The molecule has 0 aliphatic rings. The summed E-state index contributed by atoms with van der Waals surface area (Å²) in [6.45, 7) is 5.87. The van der Waals surface area contributed by atoms with Crippen molar-refractivity contribution >= 4 is 22.7 Å². The molecule has 0 spiro atoms. The number of rotatable bonds is 9. The van der Waals surface area contributed by atoms with Gasteiger partial charge in [0, 0.05) is 35.3 Å². The average Bonchev–Trinajstić information content (AvgIpc) is 2.35. The topological polar surface area (TPSA) is 83.5 Å². The van der Waals surface area contributed by atoms with Gasteiger partial charge in [-0.1, -0.05) is 20.8 Å². The fourth-order valence-electron chi connectivity index (χ4n) is 1.83. The third-order valence-electron chi connectivity index (χ3n) is 3.75. The van der Waals surface area contributed by atoms with E-state index >= 15 is 0 Å². The Balaban J connectivity index is 4.30. The summed E-state index contributed by atoms with van der Waals surface area (Å²) < 4.78 is 11.2. The number of hydrogen-bond acceptors (Lipinski definition) is 3. The standard InChI is InChI=1S/C13H25NO4S/c1-5-13(6-2,12(16)17)9-11(15)14-8-7-10(3)19(4)18/h10H,5-9H2,1-4H3,(H,14,15)(H,16,17). The van der Waals surface area contributed by atoms with Crippen LogP contribution in [0.3, 0.4) is 0 Å². The average molecular weight is 291 g/mol. The Morgan fingerprint density at radius 3 is 2.21 bits per heavy atom. The van der Waals surface area contributed by atoms with E-state index in [1.807, 2.05) is 6.92 Å². The van der Waals surface area contributed by atoms with E-state index in [-0.39, 0.29) is 17.6 Å². The molecule has 0 saturated carbocycles. The SMILES string of the molecule is CCC(CC)(CC(=O)NCCC(C)S(C)=O)C(=O)O. The highest BCUT2D eigenvalue weighted by atomic mass is 32.2. The van der Waals surface area contributed by atoms with Crippen molar-refractivity contribution in [1.82, 2.24) is 5.32 Å². The zero-order valence-corrected chi connectivity index (χ0v) is 13.0. The van der Waals surface area contributed by atoms with Crippen molar-refractivity contribution in [2.75, 3.05) is 12.8 Å². The van der Waals surface area contributed by atoms with E-state index in [1.165, 1.54) is 0 Å². The highest BCUT2D eigenvalue weighted by Crippen LogP contribution is 2.30. The van der Waals surface area contributed by atoms with Crippen LogP contribution in [0.4, 0.5) is 0 Å². The van der Waals surface area contributed by atoms with Gasteiger partial charge < -0.3 is 10.4 Å². The van der Waals surface area contributed by atoms with E-state index in [2.05, 4.69) is 5.32 Å². The second-order valence-electron chi connectivity index (χ2n) is 4.92. The molecule has 19 heavy (non-hydrogen) atoms. The van der Waals surface area contributed by atoms with Crippen LogP contribution in [0, 0.1) is 5.41 Å². The number of carboxylic acid groups (broad SMARTS) is 1. The molecule has 5 nitrogen and oxygen atoms in total. The first kappa shape index (κ1) is 18.1. The quantitative estimate of drug-likeness (QED) is 0.675. The van der Waals surface area contributed by atoms with Crippen LogP contribution in [0.2, 0.25) is 0 Å². The molecular weight excluding hydrogens is 266 g/mol. The fraction of sp³-hybridized carbons (Fsp3) is 0.846. The highest BCUT2D eigenvalue weighted by Gasteiger charge is 2.36. The third-order valence-corrected chi connectivity index (χ3v) is 5.11. The predicted octanol–water partition coefficient (Wildman–Crippen LogP) is 1.54. The number of hydrogen-bond donors (Lipinski definition) is 2. The minimum absolute atomic E-state index is 0.00106. The van der Waals surface area contributed by atoms with Crippen LogP contribution in [-0.4, -0.2) is 39.2 Å². The summed E-state index contributed by atoms with van der Waals surface area (Å²) >= 11 is 0. The largest absolute Gasteiger partial charge is 0.481 e. The van der Waals surface area contributed by atoms with E-state index in [9.17, 15) is 18.9 Å². The van der Waals surface area contributed by atoms with Gasteiger partial charge >= 0.3 is 5.97 Å². The number of nitrogens with one attached hydrogen (secondary N) is 1. The maximum absolute atomic E-state index is 11.8. The van der Waals surface area contributed by atoms with E-state index in [4.69, 9.17) is 0 Å². The summed E-state index contributed by atoms with van der Waals surface area (Å²) in [5.74, 6) is -1.17. The van der Waals surface area contributed by atoms with Crippen LogP contribution in [0.1, 0.15) is 46.5 Å². The van der Waals surface area contributed by atoms with Crippen molar-refractivity contribution in [3.05, 3.63) is 0 Å². The summed E-state index contributed by atoms with van der Waals surface area (Å²) in [6.07, 6.45) is 3.13. The Labute approximate surface area is 117 Å². The van der Waals surface area contributed by atoms with Crippen molar-refractivity contribution < 1.29 is 18.9 Å². The Bertz CT molecular complexity index is 340. The molecule has 2 N–H and O–H groups in total. The van der Waals surface area contributed by atoms with Crippen LogP contribution in [0.15, 0.2) is 0 Å². The lowest BCUT2D eigenvalue weighted by Crippen LogP contribution is -2.37. The molecule has 2 unspecified atom stereocenters. The zero-order valence-electron chi connectivity index (χ0n) is 12.2. The number of carbonyl (C=O) groups is 2. The molecule has 0 aromatic carbocycles. The van der Waals surface area contributed by atoms with E-state index in [0.717, 1.165) is 0 Å². The van der Waals surface area contributed by atoms with E-state index in [0.29, 0.717) is 25.8 Å². The molecule has 0 radical (unpaired) electrons. The monoisotopic (exact) mass is 291 g/mol. The maximum atomic E-state index is 11.8. The summed E-state index contributed by atoms with van der Waals surface area (Å²) in [7, 11) is -0.900. The summed E-state index contributed by atoms with van der Waals surface area (Å²) in [6, 6.07) is 0. The minimum atomic E-state index is -0.969. The normalized spacial score (nSPS) is 14.7. The summed E-state index contributed by atoms with van der Waals surface area (Å²) in [5.41, 5.74) is -0.969. The van der Waals surface area contributed by atoms with Gasteiger partial charge in [-0.15, -0.1) is 0 Å². The molecule has 2 atom stereocenters. The molecule has 0 aliphatic heterocycles. The first-order chi connectivity index (χ1) is 8.79. The van der Waals surface area contributed by atoms with Gasteiger partial charge in [-0.3, -0.25) is 13.8 Å². The van der Waals surface area contributed by atoms with Gasteiger partial charge in [0.05, 0.1) is 5.41 Å². The Kier molecular flexibility index (Phi) is 7.90. The van der Waals surface area contributed by atoms with Gasteiger partial charge in [-0.25, -0.2) is 0 Å². The van der Waals surface area contributed by atoms with Crippen molar-refractivity contribution in [2.45, 2.75) is 51.7 Å². The van der Waals surface area contributed by atoms with E-state index < -0.39 is 22.2 Å². The second kappa shape index (κ2) is 8.30. The van der Waals surface area contributed by atoms with Gasteiger partial charge in [-0.2, -0.15) is 0 Å². The van der Waals surface area contributed by atoms with Crippen LogP contribution in [-0.2, 0) is 20.4 Å². The summed E-state index contributed by atoms with van der Waals surface area (Å²) in [5, 5.41) is 12.0. The lowest BCUT2D eigenvalue weighted by Gasteiger charge is -2.25. The lowest BCUT2D eigenvalue weighted by molar-refractivity contribution is -0.152. The molecule has 0 heterocycles. The van der Waals surface area contributed by atoms with Crippen LogP contribution < -0.4 is 5.32 Å². The van der Waals surface area contributed by atoms with Gasteiger partial charge in [-0.05, 0) is 19.3 Å². The predicted molar refractivity (Wildman–Crippen MR) is 76.4 cm³/mol. The second-order valence-corrected chi connectivity index (χ2v) is 6.72. The molecule has 0 aromatic heterocycles. The fourth-order valence-corrected chi connectivity index (χ4v) is 2.28. The molecule has 0 bridgehead atoms. The van der Waals surface area contributed by atoms with E-state index in [1.54, 1.807) is 20.1 Å². The molecule has 6 heteroatoms.